The number of nitro groups is 1. The van der Waals surface area contributed by atoms with E-state index >= 15 is 0 Å². The molecule has 0 amide bonds. The lowest BCUT2D eigenvalue weighted by Gasteiger charge is -2.34. The Hall–Kier alpha value is -1.77. The number of pyridine rings is 1. The van der Waals surface area contributed by atoms with Crippen LogP contribution in [0, 0.1) is 10.1 Å². The average molecular weight is 309 g/mol. The molecule has 8 heteroatoms. The fourth-order valence-electron chi connectivity index (χ4n) is 2.61. The van der Waals surface area contributed by atoms with E-state index in [1.807, 2.05) is 0 Å². The third kappa shape index (κ3) is 4.36. The molecule has 0 spiro atoms. The maximum absolute atomic E-state index is 11.0. The molecule has 0 radical (unpaired) electrons. The highest BCUT2D eigenvalue weighted by molar-refractivity contribution is 5.56. The Morgan fingerprint density at radius 3 is 2.77 bits per heavy atom. The minimum Gasteiger partial charge on any atom is -0.390 e. The fraction of sp³-hybridized carbons (Fsp3) is 0.643. The normalized spacial score (nSPS) is 18.1. The minimum absolute atomic E-state index is 0.0446. The van der Waals surface area contributed by atoms with Gasteiger partial charge < -0.3 is 14.9 Å². The van der Waals surface area contributed by atoms with Crippen molar-refractivity contribution in [2.24, 2.45) is 0 Å². The Morgan fingerprint density at radius 1 is 1.45 bits per heavy atom. The van der Waals surface area contributed by atoms with Crippen molar-refractivity contribution in [2.75, 3.05) is 58.3 Å². The Labute approximate surface area is 130 Å². The van der Waals surface area contributed by atoms with Crippen LogP contribution in [0.25, 0.3) is 0 Å². The van der Waals surface area contributed by atoms with Crippen LogP contribution in [0.3, 0.4) is 0 Å². The van der Waals surface area contributed by atoms with E-state index in [0.29, 0.717) is 13.1 Å². The van der Waals surface area contributed by atoms with Crippen LogP contribution in [-0.2, 0) is 0 Å². The summed E-state index contributed by atoms with van der Waals surface area (Å²) in [6.07, 6.45) is 0.945. The van der Waals surface area contributed by atoms with Crippen LogP contribution in [0.1, 0.15) is 0 Å². The van der Waals surface area contributed by atoms with Gasteiger partial charge in [0.15, 0.2) is 0 Å². The van der Waals surface area contributed by atoms with Crippen molar-refractivity contribution in [3.05, 3.63) is 28.4 Å². The standard InChI is InChI=1S/C14H23N5O3/c1-16-6-8-18(9-7-16)11-12(20)10-17(2)14-13(19(21)22)4-3-5-15-14/h3-5,12,20H,6-11H2,1-2H3/t12-/m0/s1. The number of aliphatic hydroxyl groups is 1. The van der Waals surface area contributed by atoms with Gasteiger partial charge in [0.25, 0.3) is 0 Å². The molecular weight excluding hydrogens is 286 g/mol. The summed E-state index contributed by atoms with van der Waals surface area (Å²) in [5.41, 5.74) is -0.0446. The van der Waals surface area contributed by atoms with Crippen molar-refractivity contribution in [3.8, 4) is 0 Å². The number of rotatable bonds is 6. The highest BCUT2D eigenvalue weighted by atomic mass is 16.6. The maximum Gasteiger partial charge on any atom is 0.311 e. The zero-order valence-electron chi connectivity index (χ0n) is 13.1. The number of nitrogens with zero attached hydrogens (tertiary/aromatic N) is 5. The van der Waals surface area contributed by atoms with E-state index in [-0.39, 0.29) is 11.5 Å². The molecule has 122 valence electrons. The van der Waals surface area contributed by atoms with Crippen LogP contribution in [0.4, 0.5) is 11.5 Å². The lowest BCUT2D eigenvalue weighted by Crippen LogP contribution is -2.48. The van der Waals surface area contributed by atoms with Gasteiger partial charge in [0.2, 0.25) is 5.82 Å². The maximum atomic E-state index is 11.0. The first kappa shape index (κ1) is 16.6. The molecule has 0 unspecified atom stereocenters. The number of piperazine rings is 1. The summed E-state index contributed by atoms with van der Waals surface area (Å²) in [4.78, 5) is 20.7. The molecular formula is C14H23N5O3. The number of likely N-dealkylation sites (N-methyl/N-ethyl adjacent to an activating group) is 2. The van der Waals surface area contributed by atoms with Crippen LogP contribution in [0.5, 0.6) is 0 Å². The SMILES string of the molecule is CN1CCN(C[C@@H](O)CN(C)c2ncccc2[N+](=O)[O-])CC1. The highest BCUT2D eigenvalue weighted by Crippen LogP contribution is 2.23. The van der Waals surface area contributed by atoms with Gasteiger partial charge in [-0.1, -0.05) is 0 Å². The number of aromatic nitrogens is 1. The van der Waals surface area contributed by atoms with E-state index < -0.39 is 11.0 Å². The van der Waals surface area contributed by atoms with Crippen LogP contribution in [0.15, 0.2) is 18.3 Å². The van der Waals surface area contributed by atoms with Gasteiger partial charge in [-0.05, 0) is 13.1 Å². The molecule has 0 saturated carbocycles. The first-order chi connectivity index (χ1) is 10.5. The van der Waals surface area contributed by atoms with E-state index in [4.69, 9.17) is 0 Å². The van der Waals surface area contributed by atoms with Crippen molar-refractivity contribution >= 4 is 11.5 Å². The number of hydrogen-bond acceptors (Lipinski definition) is 7. The van der Waals surface area contributed by atoms with Crippen LogP contribution in [-0.4, -0.2) is 84.3 Å². The number of anilines is 1. The van der Waals surface area contributed by atoms with Crippen LogP contribution in [0.2, 0.25) is 0 Å². The molecule has 1 fully saturated rings. The molecule has 22 heavy (non-hydrogen) atoms. The van der Waals surface area contributed by atoms with Crippen molar-refractivity contribution in [2.45, 2.75) is 6.10 Å². The number of aliphatic hydroxyl groups excluding tert-OH is 1. The lowest BCUT2D eigenvalue weighted by atomic mass is 10.2. The van der Waals surface area contributed by atoms with Gasteiger partial charge in [-0.3, -0.25) is 15.0 Å². The second-order valence-electron chi connectivity index (χ2n) is 5.74. The minimum atomic E-state index is -0.574. The molecule has 1 atom stereocenters. The van der Waals surface area contributed by atoms with E-state index in [1.165, 1.54) is 18.3 Å². The van der Waals surface area contributed by atoms with Gasteiger partial charge in [0, 0.05) is 58.6 Å². The first-order valence-corrected chi connectivity index (χ1v) is 7.37. The zero-order chi connectivity index (χ0) is 16.1. The van der Waals surface area contributed by atoms with Gasteiger partial charge in [-0.15, -0.1) is 0 Å². The molecule has 2 rings (SSSR count). The second kappa shape index (κ2) is 7.48. The second-order valence-corrected chi connectivity index (χ2v) is 5.74. The first-order valence-electron chi connectivity index (χ1n) is 7.37. The zero-order valence-corrected chi connectivity index (χ0v) is 13.1. The molecule has 0 aromatic carbocycles. The number of β-amino-alcohol motifs (C(OH)–C–C–N with tert-alkyl or cyclic N) is 1. The summed E-state index contributed by atoms with van der Waals surface area (Å²) < 4.78 is 0. The molecule has 1 N–H and O–H groups in total. The number of hydrogen-bond donors (Lipinski definition) is 1. The van der Waals surface area contributed by atoms with Crippen LogP contribution < -0.4 is 4.90 Å². The monoisotopic (exact) mass is 309 g/mol. The van der Waals surface area contributed by atoms with Crippen molar-refractivity contribution in [1.82, 2.24) is 14.8 Å². The summed E-state index contributed by atoms with van der Waals surface area (Å²) >= 11 is 0. The van der Waals surface area contributed by atoms with Gasteiger partial charge in [0.1, 0.15) is 0 Å². The molecule has 1 aliphatic rings. The Balaban J connectivity index is 1.91. The summed E-state index contributed by atoms with van der Waals surface area (Å²) in [6.45, 7) is 4.73. The molecule has 1 aromatic rings. The van der Waals surface area contributed by atoms with Gasteiger partial charge in [-0.25, -0.2) is 4.98 Å². The quantitative estimate of drug-likeness (QED) is 0.586. The molecule has 1 aliphatic heterocycles. The smallest absolute Gasteiger partial charge is 0.311 e. The van der Waals surface area contributed by atoms with E-state index in [2.05, 4.69) is 21.8 Å². The molecule has 0 bridgehead atoms. The third-order valence-corrected chi connectivity index (χ3v) is 3.87. The molecule has 0 aliphatic carbocycles. The average Bonchev–Trinajstić information content (AvgIpc) is 2.49. The van der Waals surface area contributed by atoms with Crippen molar-refractivity contribution < 1.29 is 10.0 Å². The van der Waals surface area contributed by atoms with E-state index in [0.717, 1.165) is 26.2 Å². The Kier molecular flexibility index (Phi) is 5.64. The van der Waals surface area contributed by atoms with E-state index in [1.54, 1.807) is 11.9 Å². The predicted molar refractivity (Wildman–Crippen MR) is 84.1 cm³/mol. The topological polar surface area (TPSA) is 86.0 Å². The van der Waals surface area contributed by atoms with Crippen molar-refractivity contribution in [3.63, 3.8) is 0 Å². The van der Waals surface area contributed by atoms with Crippen LogP contribution >= 0.6 is 0 Å². The summed E-state index contributed by atoms with van der Waals surface area (Å²) in [6, 6.07) is 2.96. The van der Waals surface area contributed by atoms with Gasteiger partial charge in [0.05, 0.1) is 11.0 Å². The molecule has 8 nitrogen and oxygen atoms in total. The summed E-state index contributed by atoms with van der Waals surface area (Å²) in [5.74, 6) is 0.282. The molecule has 1 saturated heterocycles. The molecule has 1 aromatic heterocycles. The third-order valence-electron chi connectivity index (χ3n) is 3.87. The Bertz CT molecular complexity index is 505. The van der Waals surface area contributed by atoms with Gasteiger partial charge in [-0.2, -0.15) is 0 Å². The predicted octanol–water partition coefficient (Wildman–Crippen LogP) is 0.0343. The summed E-state index contributed by atoms with van der Waals surface area (Å²) in [7, 11) is 3.80. The highest BCUT2D eigenvalue weighted by Gasteiger charge is 2.22. The van der Waals surface area contributed by atoms with Crippen molar-refractivity contribution in [1.29, 1.82) is 0 Å². The fourth-order valence-corrected chi connectivity index (χ4v) is 2.61. The lowest BCUT2D eigenvalue weighted by molar-refractivity contribution is -0.384. The largest absolute Gasteiger partial charge is 0.390 e. The van der Waals surface area contributed by atoms with Gasteiger partial charge >= 0.3 is 5.69 Å². The molecule has 2 heterocycles. The summed E-state index contributed by atoms with van der Waals surface area (Å²) in [5, 5.41) is 21.3. The van der Waals surface area contributed by atoms with E-state index in [9.17, 15) is 15.2 Å². The Morgan fingerprint density at radius 2 is 2.14 bits per heavy atom.